The molecule has 3 heterocycles. The summed E-state index contributed by atoms with van der Waals surface area (Å²) in [6.07, 6.45) is 4.02. The summed E-state index contributed by atoms with van der Waals surface area (Å²) in [4.78, 5) is 26.4. The molecule has 2 saturated heterocycles. The van der Waals surface area contributed by atoms with Crippen molar-refractivity contribution in [2.45, 2.75) is 45.6 Å². The minimum Gasteiger partial charge on any atom is -0.497 e. The van der Waals surface area contributed by atoms with E-state index in [1.807, 2.05) is 32.0 Å². The number of piperidine rings is 2. The average molecular weight is 413 g/mol. The molecule has 2 aromatic rings. The second kappa shape index (κ2) is 9.16. The van der Waals surface area contributed by atoms with Gasteiger partial charge >= 0.3 is 5.97 Å². The summed E-state index contributed by atoms with van der Waals surface area (Å²) in [6.45, 7) is 8.27. The van der Waals surface area contributed by atoms with E-state index in [-0.39, 0.29) is 11.9 Å². The lowest BCUT2D eigenvalue weighted by Gasteiger charge is -2.41. The smallest absolute Gasteiger partial charge is 0.309 e. The maximum atomic E-state index is 12.0. The number of anilines is 1. The van der Waals surface area contributed by atoms with Gasteiger partial charge in [-0.3, -0.25) is 4.79 Å². The van der Waals surface area contributed by atoms with Gasteiger partial charge in [0.15, 0.2) is 0 Å². The quantitative estimate of drug-likeness (QED) is 0.699. The Balaban J connectivity index is 1.36. The highest BCUT2D eigenvalue weighted by atomic mass is 16.5. The number of esters is 1. The molecule has 1 aromatic carbocycles. The van der Waals surface area contributed by atoms with Crippen LogP contribution in [0.4, 0.5) is 5.95 Å². The first kappa shape index (κ1) is 20.8. The van der Waals surface area contributed by atoms with Gasteiger partial charge in [-0.1, -0.05) is 0 Å². The lowest BCUT2D eigenvalue weighted by Crippen LogP contribution is -2.48. The molecule has 0 spiro atoms. The average Bonchev–Trinajstić information content (AvgIpc) is 2.79. The fourth-order valence-electron chi connectivity index (χ4n) is 4.71. The third-order valence-electron chi connectivity index (χ3n) is 6.50. The van der Waals surface area contributed by atoms with E-state index in [9.17, 15) is 4.79 Å². The van der Waals surface area contributed by atoms with Crippen molar-refractivity contribution in [3.05, 3.63) is 23.9 Å². The Hall–Kier alpha value is -2.41. The van der Waals surface area contributed by atoms with Crippen LogP contribution in [0, 0.1) is 12.8 Å². The Morgan fingerprint density at radius 2 is 1.83 bits per heavy atom. The van der Waals surface area contributed by atoms with E-state index in [4.69, 9.17) is 19.4 Å². The van der Waals surface area contributed by atoms with Crippen LogP contribution in [0.5, 0.6) is 5.75 Å². The summed E-state index contributed by atoms with van der Waals surface area (Å²) in [5, 5.41) is 1.07. The summed E-state index contributed by atoms with van der Waals surface area (Å²) in [6, 6.07) is 6.54. The Morgan fingerprint density at radius 1 is 1.10 bits per heavy atom. The third kappa shape index (κ3) is 4.36. The van der Waals surface area contributed by atoms with E-state index < -0.39 is 0 Å². The molecule has 0 radical (unpaired) electrons. The third-order valence-corrected chi connectivity index (χ3v) is 6.50. The number of aryl methyl sites for hydroxylation is 1. The van der Waals surface area contributed by atoms with Crippen LogP contribution in [0.2, 0.25) is 0 Å². The van der Waals surface area contributed by atoms with Crippen molar-refractivity contribution < 1.29 is 14.3 Å². The van der Waals surface area contributed by atoms with Crippen molar-refractivity contribution in [3.63, 3.8) is 0 Å². The predicted molar refractivity (Wildman–Crippen MR) is 117 cm³/mol. The largest absolute Gasteiger partial charge is 0.497 e. The number of hydrogen-bond donors (Lipinski definition) is 0. The van der Waals surface area contributed by atoms with Crippen LogP contribution in [0.25, 0.3) is 10.9 Å². The highest BCUT2D eigenvalue weighted by Crippen LogP contribution is 2.28. The number of carbonyl (C=O) groups excluding carboxylic acids is 1. The van der Waals surface area contributed by atoms with Crippen molar-refractivity contribution >= 4 is 22.8 Å². The number of fused-ring (bicyclic) bond motifs is 1. The molecule has 1 aromatic heterocycles. The van der Waals surface area contributed by atoms with Gasteiger partial charge in [-0.2, -0.15) is 0 Å². The Bertz CT molecular complexity index is 887. The van der Waals surface area contributed by atoms with E-state index in [1.165, 1.54) is 0 Å². The van der Waals surface area contributed by atoms with E-state index >= 15 is 0 Å². The summed E-state index contributed by atoms with van der Waals surface area (Å²) < 4.78 is 10.6. The fourth-order valence-corrected chi connectivity index (χ4v) is 4.71. The number of benzene rings is 1. The van der Waals surface area contributed by atoms with Crippen molar-refractivity contribution in [2.24, 2.45) is 5.92 Å². The van der Waals surface area contributed by atoms with Crippen LogP contribution in [0.15, 0.2) is 18.2 Å². The molecule has 4 rings (SSSR count). The van der Waals surface area contributed by atoms with Crippen molar-refractivity contribution in [2.75, 3.05) is 44.8 Å². The number of ether oxygens (including phenoxy) is 2. The number of likely N-dealkylation sites (tertiary alicyclic amines) is 1. The van der Waals surface area contributed by atoms with Gasteiger partial charge in [0, 0.05) is 30.6 Å². The van der Waals surface area contributed by atoms with E-state index in [2.05, 4.69) is 9.80 Å². The van der Waals surface area contributed by atoms with Crippen LogP contribution >= 0.6 is 0 Å². The zero-order chi connectivity index (χ0) is 21.1. The predicted octanol–water partition coefficient (Wildman–Crippen LogP) is 3.19. The molecule has 162 valence electrons. The molecular formula is C23H32N4O3. The maximum absolute atomic E-state index is 12.0. The second-order valence-corrected chi connectivity index (χ2v) is 8.27. The minimum absolute atomic E-state index is 0.0209. The number of aromatic nitrogens is 2. The van der Waals surface area contributed by atoms with Crippen LogP contribution in [0.3, 0.4) is 0 Å². The highest BCUT2D eigenvalue weighted by Gasteiger charge is 2.31. The van der Waals surface area contributed by atoms with Gasteiger partial charge in [-0.15, -0.1) is 0 Å². The summed E-state index contributed by atoms with van der Waals surface area (Å²) in [5.41, 5.74) is 1.93. The lowest BCUT2D eigenvalue weighted by molar-refractivity contribution is -0.149. The number of carbonyl (C=O) groups is 1. The SMILES string of the molecule is CCOC(=O)C1CCN(C2CCN(c3nc(C)c4ccc(OC)cc4n3)CC2)CC1. The molecule has 30 heavy (non-hydrogen) atoms. The van der Waals surface area contributed by atoms with Gasteiger partial charge in [0.25, 0.3) is 0 Å². The number of rotatable bonds is 5. The number of methoxy groups -OCH3 is 1. The Labute approximate surface area is 178 Å². The second-order valence-electron chi connectivity index (χ2n) is 8.27. The molecule has 0 atom stereocenters. The molecular weight excluding hydrogens is 380 g/mol. The molecule has 0 unspecified atom stereocenters. The first-order valence-corrected chi connectivity index (χ1v) is 11.1. The van der Waals surface area contributed by atoms with Gasteiger partial charge in [-0.25, -0.2) is 9.97 Å². The molecule has 7 heteroatoms. The van der Waals surface area contributed by atoms with Crippen molar-refractivity contribution in [1.29, 1.82) is 0 Å². The summed E-state index contributed by atoms with van der Waals surface area (Å²) in [7, 11) is 1.68. The van der Waals surface area contributed by atoms with Crippen molar-refractivity contribution in [3.8, 4) is 5.75 Å². The Kier molecular flexibility index (Phi) is 6.37. The standard InChI is InChI=1S/C23H32N4O3/c1-4-30-22(28)17-7-11-26(12-8-17)18-9-13-27(14-10-18)23-24-16(2)20-6-5-19(29-3)15-21(20)25-23/h5-6,15,17-18H,4,7-14H2,1-3H3. The molecule has 0 aliphatic carbocycles. The van der Waals surface area contributed by atoms with Crippen LogP contribution in [0.1, 0.15) is 38.3 Å². The zero-order valence-electron chi connectivity index (χ0n) is 18.3. The summed E-state index contributed by atoms with van der Waals surface area (Å²) in [5.74, 6) is 1.68. The monoisotopic (exact) mass is 412 g/mol. The van der Waals surface area contributed by atoms with Crippen LogP contribution in [-0.2, 0) is 9.53 Å². The Morgan fingerprint density at radius 3 is 2.50 bits per heavy atom. The van der Waals surface area contributed by atoms with E-state index in [1.54, 1.807) is 7.11 Å². The highest BCUT2D eigenvalue weighted by molar-refractivity contribution is 5.83. The van der Waals surface area contributed by atoms with E-state index in [0.29, 0.717) is 12.6 Å². The molecule has 2 aliphatic heterocycles. The van der Waals surface area contributed by atoms with E-state index in [0.717, 1.165) is 80.2 Å². The maximum Gasteiger partial charge on any atom is 0.309 e. The van der Waals surface area contributed by atoms with Gasteiger partial charge in [0.1, 0.15) is 5.75 Å². The fraction of sp³-hybridized carbons (Fsp3) is 0.609. The number of hydrogen-bond acceptors (Lipinski definition) is 7. The topological polar surface area (TPSA) is 67.8 Å². The van der Waals surface area contributed by atoms with Crippen LogP contribution < -0.4 is 9.64 Å². The van der Waals surface area contributed by atoms with Gasteiger partial charge < -0.3 is 19.3 Å². The zero-order valence-corrected chi connectivity index (χ0v) is 18.3. The molecule has 0 bridgehead atoms. The van der Waals surface area contributed by atoms with Gasteiger partial charge in [0.05, 0.1) is 30.8 Å². The first-order valence-electron chi connectivity index (χ1n) is 11.1. The molecule has 0 amide bonds. The van der Waals surface area contributed by atoms with Crippen LogP contribution in [-0.4, -0.2) is 66.8 Å². The molecule has 0 saturated carbocycles. The van der Waals surface area contributed by atoms with Gasteiger partial charge in [0.2, 0.25) is 5.95 Å². The van der Waals surface area contributed by atoms with Crippen molar-refractivity contribution in [1.82, 2.24) is 14.9 Å². The molecule has 2 fully saturated rings. The summed E-state index contributed by atoms with van der Waals surface area (Å²) >= 11 is 0. The lowest BCUT2D eigenvalue weighted by atomic mass is 9.93. The number of nitrogens with zero attached hydrogens (tertiary/aromatic N) is 4. The molecule has 7 nitrogen and oxygen atoms in total. The molecule has 0 N–H and O–H groups in total. The van der Waals surface area contributed by atoms with Gasteiger partial charge in [-0.05, 0) is 64.8 Å². The first-order chi connectivity index (χ1) is 14.6. The molecule has 2 aliphatic rings. The minimum atomic E-state index is -0.0209. The normalized spacial score (nSPS) is 19.2.